The van der Waals surface area contributed by atoms with E-state index in [0.29, 0.717) is 27.0 Å². The fourth-order valence-corrected chi connectivity index (χ4v) is 7.68. The average Bonchev–Trinajstić information content (AvgIpc) is 3.10. The van der Waals surface area contributed by atoms with Gasteiger partial charge in [0.05, 0.1) is 24.0 Å². The lowest BCUT2D eigenvalue weighted by Gasteiger charge is -2.24. The van der Waals surface area contributed by atoms with E-state index in [2.05, 4.69) is 4.99 Å². The lowest BCUT2D eigenvalue weighted by molar-refractivity contribution is -0.117. The second-order valence-electron chi connectivity index (χ2n) is 7.16. The van der Waals surface area contributed by atoms with Crippen LogP contribution in [0.2, 0.25) is 5.02 Å². The highest BCUT2D eigenvalue weighted by molar-refractivity contribution is 8.16. The first-order valence-corrected chi connectivity index (χ1v) is 12.1. The van der Waals surface area contributed by atoms with Gasteiger partial charge in [-0.15, -0.1) is 0 Å². The van der Waals surface area contributed by atoms with Gasteiger partial charge in [-0.2, -0.15) is 4.99 Å². The van der Waals surface area contributed by atoms with Crippen LogP contribution in [-0.4, -0.2) is 42.3 Å². The first-order valence-electron chi connectivity index (χ1n) is 9.01. The van der Waals surface area contributed by atoms with Crippen molar-refractivity contribution in [3.63, 3.8) is 0 Å². The van der Waals surface area contributed by atoms with Gasteiger partial charge in [0.15, 0.2) is 15.0 Å². The average molecular weight is 453 g/mol. The molecule has 0 aromatic heterocycles. The van der Waals surface area contributed by atoms with E-state index in [9.17, 15) is 17.6 Å². The Labute approximate surface area is 177 Å². The zero-order chi connectivity index (χ0) is 20.8. The van der Waals surface area contributed by atoms with Crippen LogP contribution in [0.15, 0.2) is 47.5 Å². The number of halogens is 2. The number of amides is 1. The second kappa shape index (κ2) is 7.74. The molecule has 2 saturated heterocycles. The van der Waals surface area contributed by atoms with Gasteiger partial charge in [-0.1, -0.05) is 47.6 Å². The molecule has 2 aromatic carbocycles. The summed E-state index contributed by atoms with van der Waals surface area (Å²) in [5.41, 5.74) is 1.65. The molecule has 0 saturated carbocycles. The molecule has 0 radical (unpaired) electrons. The van der Waals surface area contributed by atoms with Crippen LogP contribution in [0, 0.1) is 12.7 Å². The zero-order valence-corrected chi connectivity index (χ0v) is 17.9. The number of carbonyl (C=O) groups excluding carboxylic acids is 1. The van der Waals surface area contributed by atoms with Gasteiger partial charge < -0.3 is 4.90 Å². The number of fused-ring (bicyclic) bond motifs is 1. The van der Waals surface area contributed by atoms with Crippen LogP contribution in [0.3, 0.4) is 0 Å². The van der Waals surface area contributed by atoms with E-state index in [0.717, 1.165) is 0 Å². The predicted octanol–water partition coefficient (Wildman–Crippen LogP) is 3.63. The zero-order valence-electron chi connectivity index (χ0n) is 15.5. The number of anilines is 1. The monoisotopic (exact) mass is 452 g/mol. The van der Waals surface area contributed by atoms with E-state index < -0.39 is 15.7 Å². The molecule has 152 valence electrons. The molecule has 2 fully saturated rings. The smallest absolute Gasteiger partial charge is 0.252 e. The molecule has 2 aliphatic rings. The summed E-state index contributed by atoms with van der Waals surface area (Å²) < 4.78 is 38.4. The lowest BCUT2D eigenvalue weighted by Crippen LogP contribution is -2.37. The molecular formula is C20H18ClFN2O3S2. The number of hydrogen-bond acceptors (Lipinski definition) is 4. The van der Waals surface area contributed by atoms with Gasteiger partial charge in [0, 0.05) is 16.0 Å². The normalized spacial score (nSPS) is 24.1. The van der Waals surface area contributed by atoms with Crippen molar-refractivity contribution in [3.8, 4) is 0 Å². The van der Waals surface area contributed by atoms with Gasteiger partial charge in [0.25, 0.3) is 5.91 Å². The molecule has 0 bridgehead atoms. The lowest BCUT2D eigenvalue weighted by atomic mass is 10.1. The van der Waals surface area contributed by atoms with Gasteiger partial charge >= 0.3 is 0 Å². The molecule has 4 rings (SSSR count). The fourth-order valence-electron chi connectivity index (χ4n) is 3.55. The third kappa shape index (κ3) is 4.20. The summed E-state index contributed by atoms with van der Waals surface area (Å²) in [6.45, 7) is 1.66. The quantitative estimate of drug-likeness (QED) is 0.711. The molecule has 0 unspecified atom stereocenters. The van der Waals surface area contributed by atoms with Crippen LogP contribution in [0.4, 0.5) is 10.1 Å². The highest BCUT2D eigenvalue weighted by Crippen LogP contribution is 2.41. The number of rotatable bonds is 3. The molecule has 0 spiro atoms. The number of benzene rings is 2. The molecule has 2 heterocycles. The molecule has 0 N–H and O–H groups in total. The number of amidine groups is 1. The van der Waals surface area contributed by atoms with Gasteiger partial charge in [-0.05, 0) is 36.2 Å². The highest BCUT2D eigenvalue weighted by atomic mass is 35.5. The van der Waals surface area contributed by atoms with Crippen molar-refractivity contribution in [2.24, 2.45) is 4.99 Å². The minimum Gasteiger partial charge on any atom is -0.315 e. The summed E-state index contributed by atoms with van der Waals surface area (Å²) in [5.74, 6) is -0.803. The van der Waals surface area contributed by atoms with E-state index in [4.69, 9.17) is 11.6 Å². The maximum Gasteiger partial charge on any atom is 0.252 e. The Bertz CT molecular complexity index is 1120. The summed E-state index contributed by atoms with van der Waals surface area (Å²) >= 11 is 7.39. The predicted molar refractivity (Wildman–Crippen MR) is 115 cm³/mol. The Morgan fingerprint density at radius 3 is 2.76 bits per heavy atom. The number of aliphatic imine (C=N–C) groups is 1. The van der Waals surface area contributed by atoms with Crippen LogP contribution in [0.1, 0.15) is 11.1 Å². The molecular weight excluding hydrogens is 435 g/mol. The largest absolute Gasteiger partial charge is 0.315 e. The molecule has 2 aromatic rings. The van der Waals surface area contributed by atoms with Crippen LogP contribution >= 0.6 is 23.4 Å². The van der Waals surface area contributed by atoms with Gasteiger partial charge in [-0.25, -0.2) is 12.8 Å². The molecule has 0 aliphatic carbocycles. The van der Waals surface area contributed by atoms with Crippen molar-refractivity contribution in [2.75, 3.05) is 16.4 Å². The molecule has 2 atom stereocenters. The third-order valence-corrected chi connectivity index (χ3v) is 8.60. The van der Waals surface area contributed by atoms with Crippen molar-refractivity contribution >= 4 is 50.0 Å². The number of carbonyl (C=O) groups is 1. The third-order valence-electron chi connectivity index (χ3n) is 5.02. The van der Waals surface area contributed by atoms with Crippen molar-refractivity contribution in [3.05, 3.63) is 64.4 Å². The summed E-state index contributed by atoms with van der Waals surface area (Å²) in [4.78, 5) is 18.5. The fraction of sp³-hybridized carbons (Fsp3) is 0.300. The van der Waals surface area contributed by atoms with E-state index in [1.165, 1.54) is 17.8 Å². The van der Waals surface area contributed by atoms with Crippen LogP contribution < -0.4 is 4.90 Å². The molecule has 1 amide bonds. The van der Waals surface area contributed by atoms with E-state index in [1.54, 1.807) is 48.2 Å². The Hall–Kier alpha value is -1.90. The standard InChI is InChI=1S/C20H18ClFN2O3S2/c1-12-6-7-14(9-16(12)22)24-17-10-29(26,27)11-18(17)28-20(24)23-19(25)8-13-4-2-3-5-15(13)21/h2-7,9,17-18H,8,10-11H2,1H3/t17-,18-/m1/s1. The van der Waals surface area contributed by atoms with Gasteiger partial charge in [0.2, 0.25) is 0 Å². The Morgan fingerprint density at radius 2 is 2.03 bits per heavy atom. The van der Waals surface area contributed by atoms with Gasteiger partial charge in [-0.3, -0.25) is 4.79 Å². The van der Waals surface area contributed by atoms with E-state index in [1.807, 2.05) is 0 Å². The topological polar surface area (TPSA) is 66.8 Å². The number of aryl methyl sites for hydroxylation is 1. The summed E-state index contributed by atoms with van der Waals surface area (Å²) in [7, 11) is -3.18. The van der Waals surface area contributed by atoms with Gasteiger partial charge in [0.1, 0.15) is 5.82 Å². The first kappa shape index (κ1) is 20.4. The number of sulfone groups is 1. The molecule has 29 heavy (non-hydrogen) atoms. The first-order chi connectivity index (χ1) is 13.7. The number of hydrogen-bond donors (Lipinski definition) is 0. The summed E-state index contributed by atoms with van der Waals surface area (Å²) in [6, 6.07) is 11.4. The molecule has 9 heteroatoms. The van der Waals surface area contributed by atoms with E-state index >= 15 is 0 Å². The van der Waals surface area contributed by atoms with Crippen molar-refractivity contribution < 1.29 is 17.6 Å². The summed E-state index contributed by atoms with van der Waals surface area (Å²) in [5, 5.41) is 0.645. The van der Waals surface area contributed by atoms with Crippen LogP contribution in [0.25, 0.3) is 0 Å². The van der Waals surface area contributed by atoms with Crippen LogP contribution in [0.5, 0.6) is 0 Å². The maximum absolute atomic E-state index is 14.2. The minimum atomic E-state index is -3.18. The Balaban J connectivity index is 1.67. The van der Waals surface area contributed by atoms with E-state index in [-0.39, 0.29) is 35.1 Å². The second-order valence-corrected chi connectivity index (χ2v) is 10.9. The van der Waals surface area contributed by atoms with Crippen molar-refractivity contribution in [1.29, 1.82) is 0 Å². The Kier molecular flexibility index (Phi) is 5.44. The number of nitrogens with zero attached hydrogens (tertiary/aromatic N) is 2. The van der Waals surface area contributed by atoms with Crippen molar-refractivity contribution in [1.82, 2.24) is 0 Å². The Morgan fingerprint density at radius 1 is 1.28 bits per heavy atom. The summed E-state index contributed by atoms with van der Waals surface area (Å²) in [6.07, 6.45) is 0.0352. The number of thioether (sulfide) groups is 1. The van der Waals surface area contributed by atoms with Crippen molar-refractivity contribution in [2.45, 2.75) is 24.6 Å². The maximum atomic E-state index is 14.2. The van der Waals surface area contributed by atoms with Crippen LogP contribution in [-0.2, 0) is 21.1 Å². The SMILES string of the molecule is Cc1ccc(N2C(=NC(=O)Cc3ccccc3Cl)S[C@@H]3CS(=O)(=O)C[C@H]32)cc1F. The molecule has 2 aliphatic heterocycles. The molecule has 5 nitrogen and oxygen atoms in total. The minimum absolute atomic E-state index is 0.0188. The highest BCUT2D eigenvalue weighted by Gasteiger charge is 2.49.